The van der Waals surface area contributed by atoms with Crippen LogP contribution in [0.5, 0.6) is 0 Å². The normalized spacial score (nSPS) is 27.0. The molecule has 3 nitrogen and oxygen atoms in total. The second kappa shape index (κ2) is 8.56. The SMILES string of the molecule is CN1C2CCC1[C@@H](/C=C/C=O)[C@@H](OC(c1ccc(F)cc1)c1ccc(F)cc1)C2. The maximum absolute atomic E-state index is 13.5. The van der Waals surface area contributed by atoms with E-state index in [0.717, 1.165) is 36.7 Å². The molecular formula is C24H25F2NO2. The zero-order valence-electron chi connectivity index (χ0n) is 16.4. The van der Waals surface area contributed by atoms with Gasteiger partial charge in [-0.2, -0.15) is 0 Å². The molecule has 0 amide bonds. The van der Waals surface area contributed by atoms with E-state index in [9.17, 15) is 13.6 Å². The third-order valence-corrected chi connectivity index (χ3v) is 6.34. The van der Waals surface area contributed by atoms with Crippen LogP contribution in [0.4, 0.5) is 8.78 Å². The molecule has 2 aromatic rings. The van der Waals surface area contributed by atoms with Crippen LogP contribution >= 0.6 is 0 Å². The van der Waals surface area contributed by atoms with E-state index in [0.29, 0.717) is 12.1 Å². The molecule has 2 bridgehead atoms. The Morgan fingerprint density at radius 2 is 1.59 bits per heavy atom. The van der Waals surface area contributed by atoms with Gasteiger partial charge in [-0.3, -0.25) is 9.69 Å². The highest BCUT2D eigenvalue weighted by Crippen LogP contribution is 2.42. The molecule has 2 saturated heterocycles. The molecule has 2 heterocycles. The predicted molar refractivity (Wildman–Crippen MR) is 107 cm³/mol. The number of benzene rings is 2. The number of fused-ring (bicyclic) bond motifs is 2. The third kappa shape index (κ3) is 4.16. The fourth-order valence-electron chi connectivity index (χ4n) is 4.83. The molecule has 2 unspecified atom stereocenters. The van der Waals surface area contributed by atoms with E-state index in [4.69, 9.17) is 4.74 Å². The van der Waals surface area contributed by atoms with Gasteiger partial charge in [0.2, 0.25) is 0 Å². The number of allylic oxidation sites excluding steroid dienone is 1. The van der Waals surface area contributed by atoms with Gasteiger partial charge in [0, 0.05) is 18.0 Å². The fourth-order valence-corrected chi connectivity index (χ4v) is 4.83. The lowest BCUT2D eigenvalue weighted by molar-refractivity contribution is -0.104. The van der Waals surface area contributed by atoms with E-state index in [1.807, 2.05) is 6.08 Å². The summed E-state index contributed by atoms with van der Waals surface area (Å²) in [5, 5.41) is 0. The highest BCUT2D eigenvalue weighted by Gasteiger charge is 2.45. The molecule has 0 aliphatic carbocycles. The van der Waals surface area contributed by atoms with E-state index in [1.165, 1.54) is 24.3 Å². The quantitative estimate of drug-likeness (QED) is 0.524. The van der Waals surface area contributed by atoms with Gasteiger partial charge in [0.25, 0.3) is 0 Å². The van der Waals surface area contributed by atoms with Gasteiger partial charge in [0.05, 0.1) is 6.10 Å². The fraction of sp³-hybridized carbons (Fsp3) is 0.375. The van der Waals surface area contributed by atoms with Crippen molar-refractivity contribution in [3.05, 3.63) is 83.4 Å². The number of nitrogens with zero attached hydrogens (tertiary/aromatic N) is 1. The first kappa shape index (κ1) is 19.9. The van der Waals surface area contributed by atoms with Crippen molar-refractivity contribution in [3.63, 3.8) is 0 Å². The van der Waals surface area contributed by atoms with Gasteiger partial charge in [-0.15, -0.1) is 0 Å². The van der Waals surface area contributed by atoms with Crippen LogP contribution in [0.3, 0.4) is 0 Å². The second-order valence-corrected chi connectivity index (χ2v) is 7.96. The summed E-state index contributed by atoms with van der Waals surface area (Å²) < 4.78 is 33.6. The molecule has 0 aromatic heterocycles. The Balaban J connectivity index is 1.67. The van der Waals surface area contributed by atoms with Gasteiger partial charge in [-0.05, 0) is 67.8 Å². The van der Waals surface area contributed by atoms with Crippen LogP contribution in [0.25, 0.3) is 0 Å². The second-order valence-electron chi connectivity index (χ2n) is 7.96. The van der Waals surface area contributed by atoms with Gasteiger partial charge in [-0.1, -0.05) is 30.3 Å². The van der Waals surface area contributed by atoms with E-state index in [1.54, 1.807) is 30.3 Å². The molecular weight excluding hydrogens is 372 g/mol. The van der Waals surface area contributed by atoms with Crippen LogP contribution in [0.1, 0.15) is 36.5 Å². The molecule has 29 heavy (non-hydrogen) atoms. The summed E-state index contributed by atoms with van der Waals surface area (Å²) >= 11 is 0. The maximum Gasteiger partial charge on any atom is 0.142 e. The molecule has 152 valence electrons. The summed E-state index contributed by atoms with van der Waals surface area (Å²) in [6.07, 6.45) is 6.84. The summed E-state index contributed by atoms with van der Waals surface area (Å²) in [7, 11) is 2.14. The van der Waals surface area contributed by atoms with Crippen molar-refractivity contribution < 1.29 is 18.3 Å². The highest BCUT2D eigenvalue weighted by atomic mass is 19.1. The lowest BCUT2D eigenvalue weighted by Crippen LogP contribution is -2.49. The zero-order chi connectivity index (χ0) is 20.4. The lowest BCUT2D eigenvalue weighted by Gasteiger charge is -2.43. The Morgan fingerprint density at radius 3 is 2.14 bits per heavy atom. The Bertz CT molecular complexity index is 820. The number of aldehydes is 1. The largest absolute Gasteiger partial charge is 0.365 e. The Hall–Kier alpha value is -2.37. The Morgan fingerprint density at radius 1 is 1.00 bits per heavy atom. The minimum absolute atomic E-state index is 0.0833. The van der Waals surface area contributed by atoms with Crippen molar-refractivity contribution in [2.24, 2.45) is 5.92 Å². The van der Waals surface area contributed by atoms with Crippen molar-refractivity contribution >= 4 is 6.29 Å². The average molecular weight is 397 g/mol. The Kier molecular flexibility index (Phi) is 5.88. The standard InChI is InChI=1S/C24H25F2NO2/c1-27-20-12-13-22(27)21(3-2-14-28)23(15-20)29-24(16-4-8-18(25)9-5-16)17-6-10-19(26)11-7-17/h2-11,14,20-24H,12-13,15H2,1H3/b3-2+/t20?,21-,22?,23+/m1/s1. The minimum atomic E-state index is -0.434. The summed E-state index contributed by atoms with van der Waals surface area (Å²) in [5.74, 6) is -0.529. The van der Waals surface area contributed by atoms with Crippen molar-refractivity contribution in [1.29, 1.82) is 0 Å². The summed E-state index contributed by atoms with van der Waals surface area (Å²) in [6.45, 7) is 0. The highest BCUT2D eigenvalue weighted by molar-refractivity contribution is 5.64. The number of ether oxygens (including phenoxy) is 1. The molecule has 0 saturated carbocycles. The van der Waals surface area contributed by atoms with E-state index in [2.05, 4.69) is 11.9 Å². The lowest BCUT2D eigenvalue weighted by atomic mass is 9.86. The molecule has 4 atom stereocenters. The Labute approximate surface area is 170 Å². The smallest absolute Gasteiger partial charge is 0.142 e. The topological polar surface area (TPSA) is 29.5 Å². The number of carbonyl (C=O) groups excluding carboxylic acids is 1. The van der Waals surface area contributed by atoms with Gasteiger partial charge < -0.3 is 4.74 Å². The van der Waals surface area contributed by atoms with Crippen LogP contribution in [0.15, 0.2) is 60.7 Å². The molecule has 2 fully saturated rings. The van der Waals surface area contributed by atoms with Crippen LogP contribution in [-0.4, -0.2) is 36.4 Å². The van der Waals surface area contributed by atoms with Crippen molar-refractivity contribution in [3.8, 4) is 0 Å². The number of hydrogen-bond acceptors (Lipinski definition) is 3. The third-order valence-electron chi connectivity index (χ3n) is 6.34. The number of carbonyl (C=O) groups is 1. The number of piperidine rings is 1. The molecule has 5 heteroatoms. The zero-order valence-corrected chi connectivity index (χ0v) is 16.4. The first-order chi connectivity index (χ1) is 14.1. The molecule has 0 spiro atoms. The van der Waals surface area contributed by atoms with Crippen molar-refractivity contribution in [1.82, 2.24) is 4.90 Å². The summed E-state index contributed by atoms with van der Waals surface area (Å²) in [5.41, 5.74) is 1.64. The van der Waals surface area contributed by atoms with Gasteiger partial charge in [0.1, 0.15) is 24.0 Å². The first-order valence-electron chi connectivity index (χ1n) is 10.1. The summed E-state index contributed by atoms with van der Waals surface area (Å²) in [4.78, 5) is 13.4. The average Bonchev–Trinajstić information content (AvgIpc) is 2.97. The van der Waals surface area contributed by atoms with Gasteiger partial charge in [0.15, 0.2) is 0 Å². The van der Waals surface area contributed by atoms with E-state index < -0.39 is 6.10 Å². The molecule has 2 aliphatic heterocycles. The summed E-state index contributed by atoms with van der Waals surface area (Å²) in [6, 6.07) is 13.3. The van der Waals surface area contributed by atoms with Crippen molar-refractivity contribution in [2.45, 2.75) is 43.6 Å². The monoisotopic (exact) mass is 397 g/mol. The molecule has 0 N–H and O–H groups in total. The minimum Gasteiger partial charge on any atom is -0.365 e. The number of rotatable bonds is 6. The van der Waals surface area contributed by atoms with Gasteiger partial charge in [-0.25, -0.2) is 8.78 Å². The van der Waals surface area contributed by atoms with Crippen molar-refractivity contribution in [2.75, 3.05) is 7.05 Å². The van der Waals surface area contributed by atoms with E-state index >= 15 is 0 Å². The maximum atomic E-state index is 13.5. The van der Waals surface area contributed by atoms with Crippen LogP contribution in [-0.2, 0) is 9.53 Å². The van der Waals surface area contributed by atoms with Gasteiger partial charge >= 0.3 is 0 Å². The van der Waals surface area contributed by atoms with E-state index in [-0.39, 0.29) is 23.7 Å². The molecule has 2 aliphatic rings. The van der Waals surface area contributed by atoms with Crippen LogP contribution < -0.4 is 0 Å². The van der Waals surface area contributed by atoms with Crippen LogP contribution in [0.2, 0.25) is 0 Å². The number of halogens is 2. The molecule has 0 radical (unpaired) electrons. The number of hydrogen-bond donors (Lipinski definition) is 0. The predicted octanol–water partition coefficient (Wildman–Crippen LogP) is 4.68. The molecule has 4 rings (SSSR count). The van der Waals surface area contributed by atoms with Crippen LogP contribution in [0, 0.1) is 17.6 Å². The molecule has 2 aromatic carbocycles. The first-order valence-corrected chi connectivity index (χ1v) is 10.1.